The smallest absolute Gasteiger partial charge is 0.302 e. The first-order valence-corrected chi connectivity index (χ1v) is 12.8. The molecule has 2 heterocycles. The van der Waals surface area contributed by atoms with Crippen molar-refractivity contribution in [3.8, 4) is 11.4 Å². The van der Waals surface area contributed by atoms with Crippen molar-refractivity contribution in [2.45, 2.75) is 57.3 Å². The van der Waals surface area contributed by atoms with Crippen LogP contribution in [0.2, 0.25) is 0 Å². The molecule has 1 aliphatic heterocycles. The van der Waals surface area contributed by atoms with Gasteiger partial charge < -0.3 is 18.8 Å². The molecule has 4 aromatic rings. The van der Waals surface area contributed by atoms with Crippen molar-refractivity contribution in [2.24, 2.45) is 0 Å². The van der Waals surface area contributed by atoms with Gasteiger partial charge in [0.25, 0.3) is 0 Å². The number of esters is 1. The largest absolute Gasteiger partial charge is 0.488 e. The zero-order chi connectivity index (χ0) is 26.7. The molecule has 6 rings (SSSR count). The first-order valence-electron chi connectivity index (χ1n) is 12.8. The van der Waals surface area contributed by atoms with Crippen LogP contribution in [0.5, 0.6) is 5.75 Å². The van der Waals surface area contributed by atoms with E-state index in [1.54, 1.807) is 6.07 Å². The molecule has 0 unspecified atom stereocenters. The van der Waals surface area contributed by atoms with Crippen LogP contribution in [0.3, 0.4) is 0 Å². The molecule has 3 aromatic carbocycles. The van der Waals surface area contributed by atoms with E-state index in [2.05, 4.69) is 13.8 Å². The first-order chi connectivity index (χ1) is 18.2. The fraction of sp³-hybridized carbons (Fsp3) is 0.323. The fourth-order valence-corrected chi connectivity index (χ4v) is 5.92. The Morgan fingerprint density at radius 1 is 1.03 bits per heavy atom. The average Bonchev–Trinajstić information content (AvgIpc) is 3.23. The van der Waals surface area contributed by atoms with Gasteiger partial charge in [-0.2, -0.15) is 0 Å². The third-order valence-electron chi connectivity index (χ3n) is 7.61. The van der Waals surface area contributed by atoms with Gasteiger partial charge in [-0.05, 0) is 29.8 Å². The zero-order valence-corrected chi connectivity index (χ0v) is 21.6. The van der Waals surface area contributed by atoms with Gasteiger partial charge >= 0.3 is 5.97 Å². The van der Waals surface area contributed by atoms with E-state index in [9.17, 15) is 13.6 Å². The molecule has 0 saturated heterocycles. The molecule has 196 valence electrons. The predicted octanol–water partition coefficient (Wildman–Crippen LogP) is 6.72. The molecule has 1 aliphatic carbocycles. The highest BCUT2D eigenvalue weighted by atomic mass is 19.2. The van der Waals surface area contributed by atoms with Gasteiger partial charge in [0.1, 0.15) is 24.1 Å². The molecule has 1 aromatic heterocycles. The van der Waals surface area contributed by atoms with Crippen LogP contribution in [0.25, 0.3) is 16.6 Å². The van der Waals surface area contributed by atoms with Crippen LogP contribution in [0.4, 0.5) is 8.78 Å². The Morgan fingerprint density at radius 3 is 2.50 bits per heavy atom. The van der Waals surface area contributed by atoms with Crippen molar-refractivity contribution in [2.75, 3.05) is 6.61 Å². The molecule has 0 radical (unpaired) electrons. The van der Waals surface area contributed by atoms with Gasteiger partial charge in [-0.3, -0.25) is 4.79 Å². The number of carbonyl (C=O) groups is 1. The second kappa shape index (κ2) is 8.95. The number of ether oxygens (including phenoxy) is 3. The van der Waals surface area contributed by atoms with E-state index in [-0.39, 0.29) is 12.1 Å². The number of aromatic nitrogens is 1. The molecule has 38 heavy (non-hydrogen) atoms. The average molecular weight is 518 g/mol. The van der Waals surface area contributed by atoms with Crippen LogP contribution in [0.1, 0.15) is 50.4 Å². The Bertz CT molecular complexity index is 1540. The number of halogens is 2. The summed E-state index contributed by atoms with van der Waals surface area (Å²) in [6.07, 6.45) is 0.778. The highest BCUT2D eigenvalue weighted by molar-refractivity contribution is 5.94. The van der Waals surface area contributed by atoms with E-state index in [1.165, 1.54) is 13.0 Å². The molecule has 0 bridgehead atoms. The van der Waals surface area contributed by atoms with Gasteiger partial charge in [0.15, 0.2) is 11.6 Å². The lowest BCUT2D eigenvalue weighted by Gasteiger charge is -2.52. The minimum Gasteiger partial charge on any atom is -0.488 e. The van der Waals surface area contributed by atoms with E-state index < -0.39 is 22.7 Å². The molecule has 2 aliphatic rings. The van der Waals surface area contributed by atoms with Gasteiger partial charge in [-0.25, -0.2) is 8.78 Å². The molecule has 1 saturated carbocycles. The van der Waals surface area contributed by atoms with Gasteiger partial charge in [-0.1, -0.05) is 50.2 Å². The normalized spacial score (nSPS) is 21.7. The number of carbonyl (C=O) groups excluding carboxylic acids is 1. The minimum absolute atomic E-state index is 0.249. The Kier molecular flexibility index (Phi) is 5.80. The lowest BCUT2D eigenvalue weighted by Crippen LogP contribution is -2.54. The molecule has 0 amide bonds. The third kappa shape index (κ3) is 3.97. The number of benzene rings is 3. The Morgan fingerprint density at radius 2 is 1.79 bits per heavy atom. The summed E-state index contributed by atoms with van der Waals surface area (Å²) < 4.78 is 48.9. The topological polar surface area (TPSA) is 49.7 Å². The van der Waals surface area contributed by atoms with Crippen LogP contribution in [0, 0.1) is 11.6 Å². The lowest BCUT2D eigenvalue weighted by atomic mass is 9.67. The van der Waals surface area contributed by atoms with E-state index >= 15 is 0 Å². The van der Waals surface area contributed by atoms with Crippen LogP contribution in [-0.2, 0) is 31.9 Å². The summed E-state index contributed by atoms with van der Waals surface area (Å²) in [6, 6.07) is 19.7. The molecule has 7 heteroatoms. The number of nitrogens with zero attached hydrogens (tertiary/aromatic N) is 1. The molecule has 0 atom stereocenters. The Balaban J connectivity index is 1.58. The second-order valence-corrected chi connectivity index (χ2v) is 10.9. The standard InChI is InChI=1S/C31H29F2NO4/c1-19(35)38-22-15-31(16-22)28-27-25(10-7-11-26(27)36-17-20-8-5-4-6-9-20)34(29(28)30(2,3)18-37-31)21-12-13-23(32)24(33)14-21/h4-14,22H,15-18H2,1-3H3/t22-,31+. The van der Waals surface area contributed by atoms with Gasteiger partial charge in [0, 0.05) is 53.6 Å². The third-order valence-corrected chi connectivity index (χ3v) is 7.61. The van der Waals surface area contributed by atoms with Crippen molar-refractivity contribution in [3.63, 3.8) is 0 Å². The molecule has 1 spiro atoms. The maximum Gasteiger partial charge on any atom is 0.302 e. The SMILES string of the molecule is CC(=O)O[C@H]1C[C@]2(C1)OCC(C)(C)c1c2c2c(OCc3ccccc3)cccc2n1-c1ccc(F)c(F)c1. The quantitative estimate of drug-likeness (QED) is 0.276. The van der Waals surface area contributed by atoms with Crippen molar-refractivity contribution in [1.82, 2.24) is 4.57 Å². The van der Waals surface area contributed by atoms with Crippen LogP contribution in [0.15, 0.2) is 66.7 Å². The molecule has 1 fully saturated rings. The summed E-state index contributed by atoms with van der Waals surface area (Å²) in [5.74, 6) is -1.45. The monoisotopic (exact) mass is 517 g/mol. The number of hydrogen-bond donors (Lipinski definition) is 0. The zero-order valence-electron chi connectivity index (χ0n) is 21.6. The maximum atomic E-state index is 14.5. The lowest BCUT2D eigenvalue weighted by molar-refractivity contribution is -0.198. The van der Waals surface area contributed by atoms with Crippen LogP contribution in [-0.4, -0.2) is 23.2 Å². The fourth-order valence-electron chi connectivity index (χ4n) is 5.92. The van der Waals surface area contributed by atoms with Gasteiger partial charge in [0.2, 0.25) is 0 Å². The highest BCUT2D eigenvalue weighted by Crippen LogP contribution is 2.57. The van der Waals surface area contributed by atoms with Crippen molar-refractivity contribution in [3.05, 3.63) is 95.2 Å². The molecule has 5 nitrogen and oxygen atoms in total. The van der Waals surface area contributed by atoms with Crippen molar-refractivity contribution in [1.29, 1.82) is 0 Å². The summed E-state index contributed by atoms with van der Waals surface area (Å²) >= 11 is 0. The summed E-state index contributed by atoms with van der Waals surface area (Å²) in [6.45, 7) is 6.37. The van der Waals surface area contributed by atoms with Crippen molar-refractivity contribution < 1.29 is 27.8 Å². The second-order valence-electron chi connectivity index (χ2n) is 10.9. The summed E-state index contributed by atoms with van der Waals surface area (Å²) in [5.41, 5.74) is 3.16. The summed E-state index contributed by atoms with van der Waals surface area (Å²) in [4.78, 5) is 11.6. The Labute approximate surface area is 219 Å². The number of fused-ring (bicyclic) bond motifs is 4. The molecular formula is C31H29F2NO4. The number of rotatable bonds is 5. The Hall–Kier alpha value is -3.71. The van der Waals surface area contributed by atoms with Gasteiger partial charge in [0.05, 0.1) is 12.1 Å². The highest BCUT2D eigenvalue weighted by Gasteiger charge is 2.56. The summed E-state index contributed by atoms with van der Waals surface area (Å²) in [5, 5.41) is 0.872. The van der Waals surface area contributed by atoms with E-state index in [4.69, 9.17) is 14.2 Å². The maximum absolute atomic E-state index is 14.5. The van der Waals surface area contributed by atoms with Crippen LogP contribution >= 0.6 is 0 Å². The van der Waals surface area contributed by atoms with E-state index in [1.807, 2.05) is 53.1 Å². The van der Waals surface area contributed by atoms with Crippen LogP contribution < -0.4 is 4.74 Å². The molecule has 0 N–H and O–H groups in total. The summed E-state index contributed by atoms with van der Waals surface area (Å²) in [7, 11) is 0. The molecular weight excluding hydrogens is 488 g/mol. The number of hydrogen-bond acceptors (Lipinski definition) is 4. The van der Waals surface area contributed by atoms with E-state index in [0.717, 1.165) is 33.8 Å². The first kappa shape index (κ1) is 24.6. The van der Waals surface area contributed by atoms with E-state index in [0.29, 0.717) is 37.5 Å². The minimum atomic E-state index is -0.910. The van der Waals surface area contributed by atoms with Crippen molar-refractivity contribution >= 4 is 16.9 Å². The van der Waals surface area contributed by atoms with Gasteiger partial charge in [-0.15, -0.1) is 0 Å². The predicted molar refractivity (Wildman–Crippen MR) is 139 cm³/mol.